The third-order valence-electron chi connectivity index (χ3n) is 4.85. The molecule has 0 saturated carbocycles. The molecule has 28 heavy (non-hydrogen) atoms. The molecule has 0 radical (unpaired) electrons. The molecule has 0 atom stereocenters. The molecule has 3 rings (SSSR count). The molecule has 2 aromatic carbocycles. The lowest BCUT2D eigenvalue weighted by Crippen LogP contribution is -3.13. The molecule has 1 N–H and O–H groups in total. The van der Waals surface area contributed by atoms with Crippen molar-refractivity contribution in [1.82, 2.24) is 4.31 Å². The SMILES string of the molecule is COC(=O)c1ccc(C[NH+]2CCN(S(=O)(=O)/C=C/c3ccccc3)CC2)cc1. The lowest BCUT2D eigenvalue weighted by Gasteiger charge is -2.30. The van der Waals surface area contributed by atoms with Gasteiger partial charge in [0.1, 0.15) is 6.54 Å². The number of esters is 1. The van der Waals surface area contributed by atoms with Gasteiger partial charge in [0.2, 0.25) is 10.0 Å². The van der Waals surface area contributed by atoms with Gasteiger partial charge in [0.25, 0.3) is 0 Å². The summed E-state index contributed by atoms with van der Waals surface area (Å²) < 4.78 is 31.3. The van der Waals surface area contributed by atoms with Crippen molar-refractivity contribution in [2.45, 2.75) is 6.54 Å². The number of quaternary nitrogens is 1. The molecule has 1 aliphatic heterocycles. The van der Waals surface area contributed by atoms with E-state index < -0.39 is 10.0 Å². The molecule has 1 aliphatic rings. The van der Waals surface area contributed by atoms with Crippen LogP contribution in [0, 0.1) is 0 Å². The van der Waals surface area contributed by atoms with E-state index in [4.69, 9.17) is 4.74 Å². The average Bonchev–Trinajstić information content (AvgIpc) is 2.73. The van der Waals surface area contributed by atoms with E-state index in [-0.39, 0.29) is 5.97 Å². The molecule has 1 fully saturated rings. The highest BCUT2D eigenvalue weighted by molar-refractivity contribution is 7.92. The Labute approximate surface area is 166 Å². The number of methoxy groups -OCH3 is 1. The van der Waals surface area contributed by atoms with Crippen molar-refractivity contribution >= 4 is 22.1 Å². The zero-order valence-corrected chi connectivity index (χ0v) is 16.7. The molecule has 0 aliphatic carbocycles. The zero-order chi connectivity index (χ0) is 20.0. The Morgan fingerprint density at radius 1 is 1.07 bits per heavy atom. The van der Waals surface area contributed by atoms with Gasteiger partial charge in [-0.2, -0.15) is 4.31 Å². The van der Waals surface area contributed by atoms with Crippen LogP contribution < -0.4 is 4.90 Å². The third kappa shape index (κ3) is 5.28. The Kier molecular flexibility index (Phi) is 6.61. The molecule has 7 heteroatoms. The number of benzene rings is 2. The second-order valence-corrected chi connectivity index (χ2v) is 8.59. The van der Waals surface area contributed by atoms with E-state index in [1.807, 2.05) is 42.5 Å². The number of carbonyl (C=O) groups is 1. The first-order chi connectivity index (χ1) is 13.5. The Morgan fingerprint density at radius 3 is 2.32 bits per heavy atom. The number of sulfonamides is 1. The second-order valence-electron chi connectivity index (χ2n) is 6.77. The van der Waals surface area contributed by atoms with Crippen molar-refractivity contribution in [3.05, 3.63) is 76.7 Å². The molecule has 0 unspecified atom stereocenters. The van der Waals surface area contributed by atoms with E-state index in [1.54, 1.807) is 18.2 Å². The van der Waals surface area contributed by atoms with Gasteiger partial charge in [0.05, 0.1) is 38.9 Å². The number of carbonyl (C=O) groups excluding carboxylic acids is 1. The van der Waals surface area contributed by atoms with Gasteiger partial charge in [-0.1, -0.05) is 42.5 Å². The molecule has 148 valence electrons. The maximum Gasteiger partial charge on any atom is 0.337 e. The molecule has 0 aromatic heterocycles. The van der Waals surface area contributed by atoms with Crippen LogP contribution in [-0.2, 0) is 21.3 Å². The molecule has 0 spiro atoms. The minimum atomic E-state index is -3.41. The molecular weight excluding hydrogens is 376 g/mol. The Hall–Kier alpha value is -2.48. The first-order valence-corrected chi connectivity index (χ1v) is 10.7. The fraction of sp³-hybridized carbons (Fsp3) is 0.286. The summed E-state index contributed by atoms with van der Waals surface area (Å²) >= 11 is 0. The zero-order valence-electron chi connectivity index (χ0n) is 15.9. The molecule has 6 nitrogen and oxygen atoms in total. The first-order valence-electron chi connectivity index (χ1n) is 9.22. The lowest BCUT2D eigenvalue weighted by molar-refractivity contribution is -0.917. The molecule has 0 amide bonds. The van der Waals surface area contributed by atoms with Crippen molar-refractivity contribution in [3.63, 3.8) is 0 Å². The number of nitrogens with one attached hydrogen (secondary N) is 1. The predicted molar refractivity (Wildman–Crippen MR) is 108 cm³/mol. The van der Waals surface area contributed by atoms with E-state index in [9.17, 15) is 13.2 Å². The topological polar surface area (TPSA) is 68.1 Å². The highest BCUT2D eigenvalue weighted by Crippen LogP contribution is 2.09. The van der Waals surface area contributed by atoms with Crippen LogP contribution in [0.15, 0.2) is 60.0 Å². The highest BCUT2D eigenvalue weighted by atomic mass is 32.2. The maximum absolute atomic E-state index is 12.5. The first kappa shape index (κ1) is 20.3. The predicted octanol–water partition coefficient (Wildman–Crippen LogP) is 1.17. The minimum absolute atomic E-state index is 0.346. The Bertz CT molecular complexity index is 917. The van der Waals surface area contributed by atoms with Crippen LogP contribution in [-0.4, -0.2) is 52.0 Å². The van der Waals surface area contributed by atoms with Gasteiger partial charge in [-0.15, -0.1) is 0 Å². The van der Waals surface area contributed by atoms with E-state index >= 15 is 0 Å². The van der Waals surface area contributed by atoms with Crippen molar-refractivity contribution in [1.29, 1.82) is 0 Å². The standard InChI is InChI=1S/C21H24N2O4S/c1-27-21(24)20-9-7-19(8-10-20)17-22-12-14-23(15-13-22)28(25,26)16-11-18-5-3-2-4-6-18/h2-11,16H,12-15,17H2,1H3/p+1/b16-11+. The van der Waals surface area contributed by atoms with Gasteiger partial charge in [-0.3, -0.25) is 0 Å². The van der Waals surface area contributed by atoms with Crippen LogP contribution in [0.2, 0.25) is 0 Å². The minimum Gasteiger partial charge on any atom is -0.465 e. The Morgan fingerprint density at radius 2 is 1.71 bits per heavy atom. The van der Waals surface area contributed by atoms with E-state index in [1.165, 1.54) is 21.7 Å². The number of piperazine rings is 1. The van der Waals surface area contributed by atoms with Crippen molar-refractivity contribution < 1.29 is 22.8 Å². The maximum atomic E-state index is 12.5. The number of hydrogen-bond acceptors (Lipinski definition) is 4. The number of hydrogen-bond donors (Lipinski definition) is 1. The summed E-state index contributed by atoms with van der Waals surface area (Å²) in [5, 5.41) is 1.29. The number of nitrogens with zero attached hydrogens (tertiary/aromatic N) is 1. The van der Waals surface area contributed by atoms with Crippen LogP contribution in [0.25, 0.3) is 6.08 Å². The average molecular weight is 402 g/mol. The smallest absolute Gasteiger partial charge is 0.337 e. The van der Waals surface area contributed by atoms with Gasteiger partial charge in [0.15, 0.2) is 0 Å². The summed E-state index contributed by atoms with van der Waals surface area (Å²) in [4.78, 5) is 12.8. The van der Waals surface area contributed by atoms with Crippen molar-refractivity contribution in [2.75, 3.05) is 33.3 Å². The van der Waals surface area contributed by atoms with Gasteiger partial charge in [-0.05, 0) is 23.8 Å². The third-order valence-corrected chi connectivity index (χ3v) is 6.42. The highest BCUT2D eigenvalue weighted by Gasteiger charge is 2.27. The van der Waals surface area contributed by atoms with Crippen LogP contribution in [0.3, 0.4) is 0 Å². The summed E-state index contributed by atoms with van der Waals surface area (Å²) in [6, 6.07) is 16.8. The van der Waals surface area contributed by atoms with Crippen molar-refractivity contribution in [2.24, 2.45) is 0 Å². The summed E-state index contributed by atoms with van der Waals surface area (Å²) in [6.45, 7) is 3.29. The monoisotopic (exact) mass is 401 g/mol. The van der Waals surface area contributed by atoms with E-state index in [0.717, 1.165) is 30.8 Å². The molecule has 2 aromatic rings. The summed E-state index contributed by atoms with van der Waals surface area (Å²) in [5.74, 6) is -0.346. The van der Waals surface area contributed by atoms with Gasteiger partial charge >= 0.3 is 5.97 Å². The molecule has 1 heterocycles. The largest absolute Gasteiger partial charge is 0.465 e. The van der Waals surface area contributed by atoms with Crippen LogP contribution in [0.5, 0.6) is 0 Å². The summed E-state index contributed by atoms with van der Waals surface area (Å²) in [6.07, 6.45) is 1.64. The molecule has 0 bridgehead atoms. The fourth-order valence-corrected chi connectivity index (χ4v) is 4.41. The van der Waals surface area contributed by atoms with E-state index in [0.29, 0.717) is 18.7 Å². The number of rotatable bonds is 6. The number of ether oxygens (including phenoxy) is 1. The summed E-state index contributed by atoms with van der Waals surface area (Å²) in [5.41, 5.74) is 2.51. The van der Waals surface area contributed by atoms with Crippen LogP contribution in [0.1, 0.15) is 21.5 Å². The van der Waals surface area contributed by atoms with Gasteiger partial charge in [-0.25, -0.2) is 13.2 Å². The lowest BCUT2D eigenvalue weighted by atomic mass is 10.1. The van der Waals surface area contributed by atoms with Crippen molar-refractivity contribution in [3.8, 4) is 0 Å². The second kappa shape index (κ2) is 9.14. The van der Waals surface area contributed by atoms with Crippen LogP contribution in [0.4, 0.5) is 0 Å². The van der Waals surface area contributed by atoms with Crippen LogP contribution >= 0.6 is 0 Å². The normalized spacial score (nSPS) is 16.3. The Balaban J connectivity index is 1.54. The fourth-order valence-electron chi connectivity index (χ4n) is 3.21. The quantitative estimate of drug-likeness (QED) is 0.738. The summed E-state index contributed by atoms with van der Waals surface area (Å²) in [7, 11) is -2.04. The van der Waals surface area contributed by atoms with Gasteiger partial charge in [0, 0.05) is 11.0 Å². The van der Waals surface area contributed by atoms with E-state index in [2.05, 4.69) is 0 Å². The molecule has 1 saturated heterocycles. The molecular formula is C21H25N2O4S+. The van der Waals surface area contributed by atoms with Gasteiger partial charge < -0.3 is 9.64 Å².